The minimum absolute atomic E-state index is 0.0280. The first kappa shape index (κ1) is 13.4. The van der Waals surface area contributed by atoms with E-state index < -0.39 is 5.54 Å². The SMILES string of the molecule is CCC1(CC)NC(=O)C(C(C)C)N(C2CC2)C1=O. The summed E-state index contributed by atoms with van der Waals surface area (Å²) in [5, 5.41) is 2.99. The summed E-state index contributed by atoms with van der Waals surface area (Å²) in [5.41, 5.74) is -0.662. The first-order valence-electron chi connectivity index (χ1n) is 7.11. The molecule has 2 fully saturated rings. The first-order valence-corrected chi connectivity index (χ1v) is 7.11. The maximum atomic E-state index is 12.8. The highest BCUT2D eigenvalue weighted by Gasteiger charge is 2.53. The van der Waals surface area contributed by atoms with E-state index in [1.807, 2.05) is 32.6 Å². The first-order chi connectivity index (χ1) is 8.46. The van der Waals surface area contributed by atoms with Gasteiger partial charge in [-0.1, -0.05) is 27.7 Å². The molecular weight excluding hydrogens is 228 g/mol. The van der Waals surface area contributed by atoms with Crippen LogP contribution in [0.1, 0.15) is 53.4 Å². The van der Waals surface area contributed by atoms with E-state index in [9.17, 15) is 9.59 Å². The number of nitrogens with one attached hydrogen (secondary N) is 1. The van der Waals surface area contributed by atoms with E-state index in [4.69, 9.17) is 0 Å². The summed E-state index contributed by atoms with van der Waals surface area (Å²) in [6, 6.07) is 0.0182. The van der Waals surface area contributed by atoms with Crippen molar-refractivity contribution in [3.63, 3.8) is 0 Å². The lowest BCUT2D eigenvalue weighted by molar-refractivity contribution is -0.158. The Kier molecular flexibility index (Phi) is 3.39. The van der Waals surface area contributed by atoms with E-state index in [2.05, 4.69) is 5.32 Å². The molecule has 1 aliphatic carbocycles. The van der Waals surface area contributed by atoms with Crippen molar-refractivity contribution in [3.05, 3.63) is 0 Å². The summed E-state index contributed by atoms with van der Waals surface area (Å²) in [7, 11) is 0. The molecule has 2 aliphatic rings. The number of amides is 2. The van der Waals surface area contributed by atoms with Gasteiger partial charge in [0.25, 0.3) is 0 Å². The van der Waals surface area contributed by atoms with Gasteiger partial charge in [0.2, 0.25) is 11.8 Å². The van der Waals surface area contributed by atoms with Crippen molar-refractivity contribution in [2.75, 3.05) is 0 Å². The summed E-state index contributed by atoms with van der Waals surface area (Å²) >= 11 is 0. The molecule has 4 heteroatoms. The summed E-state index contributed by atoms with van der Waals surface area (Å²) in [6.07, 6.45) is 3.43. The highest BCUT2D eigenvalue weighted by Crippen LogP contribution is 2.36. The van der Waals surface area contributed by atoms with Crippen molar-refractivity contribution in [1.29, 1.82) is 0 Å². The highest BCUT2D eigenvalue weighted by atomic mass is 16.2. The Bertz CT molecular complexity index is 357. The Morgan fingerprint density at radius 3 is 2.22 bits per heavy atom. The summed E-state index contributed by atoms with van der Waals surface area (Å²) in [4.78, 5) is 27.0. The van der Waals surface area contributed by atoms with Gasteiger partial charge in [-0.25, -0.2) is 0 Å². The Morgan fingerprint density at radius 2 is 1.83 bits per heavy atom. The maximum Gasteiger partial charge on any atom is 0.249 e. The average Bonchev–Trinajstić information content (AvgIpc) is 3.14. The van der Waals surface area contributed by atoms with Crippen molar-refractivity contribution in [2.45, 2.75) is 71.0 Å². The van der Waals surface area contributed by atoms with Crippen LogP contribution in [0, 0.1) is 5.92 Å². The van der Waals surface area contributed by atoms with Gasteiger partial charge in [-0.05, 0) is 31.6 Å². The maximum absolute atomic E-state index is 12.8. The number of piperazine rings is 1. The van der Waals surface area contributed by atoms with Gasteiger partial charge in [0.15, 0.2) is 0 Å². The van der Waals surface area contributed by atoms with Gasteiger partial charge in [0.05, 0.1) is 0 Å². The van der Waals surface area contributed by atoms with Crippen LogP contribution in [0.15, 0.2) is 0 Å². The van der Waals surface area contributed by atoms with E-state index in [0.717, 1.165) is 12.8 Å². The van der Waals surface area contributed by atoms with Gasteiger partial charge in [-0.3, -0.25) is 9.59 Å². The summed E-state index contributed by atoms with van der Waals surface area (Å²) in [6.45, 7) is 7.97. The molecule has 2 rings (SSSR count). The fourth-order valence-electron chi connectivity index (χ4n) is 2.96. The fraction of sp³-hybridized carbons (Fsp3) is 0.857. The Balaban J connectivity index is 2.35. The molecule has 1 saturated carbocycles. The number of hydrogen-bond donors (Lipinski definition) is 1. The van der Waals surface area contributed by atoms with Gasteiger partial charge in [0, 0.05) is 6.04 Å². The zero-order valence-electron chi connectivity index (χ0n) is 11.8. The standard InChI is InChI=1S/C14H24N2O2/c1-5-14(6-2)13(18)16(10-7-8-10)11(9(3)4)12(17)15-14/h9-11H,5-8H2,1-4H3,(H,15,17). The normalized spacial score (nSPS) is 27.6. The predicted octanol–water partition coefficient (Wildman–Crippen LogP) is 1.69. The number of nitrogens with zero attached hydrogens (tertiary/aromatic N) is 1. The Morgan fingerprint density at radius 1 is 1.28 bits per heavy atom. The predicted molar refractivity (Wildman–Crippen MR) is 69.9 cm³/mol. The van der Waals surface area contributed by atoms with Crippen molar-refractivity contribution in [1.82, 2.24) is 10.2 Å². The second kappa shape index (κ2) is 4.56. The van der Waals surface area contributed by atoms with Crippen LogP contribution >= 0.6 is 0 Å². The summed E-state index contributed by atoms with van der Waals surface area (Å²) < 4.78 is 0. The van der Waals surface area contributed by atoms with Gasteiger partial charge >= 0.3 is 0 Å². The third-order valence-electron chi connectivity index (χ3n) is 4.35. The zero-order valence-corrected chi connectivity index (χ0v) is 11.8. The van der Waals surface area contributed by atoms with Crippen molar-refractivity contribution in [2.24, 2.45) is 5.92 Å². The molecule has 1 N–H and O–H groups in total. The third-order valence-corrected chi connectivity index (χ3v) is 4.35. The quantitative estimate of drug-likeness (QED) is 0.827. The molecule has 4 nitrogen and oxygen atoms in total. The second-order valence-corrected chi connectivity index (χ2v) is 5.91. The monoisotopic (exact) mass is 252 g/mol. The average molecular weight is 252 g/mol. The van der Waals surface area contributed by atoms with Crippen LogP contribution in [-0.4, -0.2) is 34.3 Å². The van der Waals surface area contributed by atoms with Gasteiger partial charge in [-0.15, -0.1) is 0 Å². The lowest BCUT2D eigenvalue weighted by atomic mass is 9.84. The molecule has 0 bridgehead atoms. The Hall–Kier alpha value is -1.06. The van der Waals surface area contributed by atoms with Crippen LogP contribution in [0.2, 0.25) is 0 Å². The summed E-state index contributed by atoms with van der Waals surface area (Å²) in [5.74, 6) is 0.328. The lowest BCUT2D eigenvalue weighted by Crippen LogP contribution is -2.71. The van der Waals surface area contributed by atoms with Crippen molar-refractivity contribution < 1.29 is 9.59 Å². The minimum atomic E-state index is -0.662. The highest BCUT2D eigenvalue weighted by molar-refractivity contribution is 6.00. The molecule has 0 aromatic heterocycles. The number of rotatable bonds is 4. The smallest absolute Gasteiger partial charge is 0.249 e. The topological polar surface area (TPSA) is 49.4 Å². The molecule has 102 valence electrons. The van der Waals surface area contributed by atoms with E-state index in [1.54, 1.807) is 0 Å². The molecule has 0 radical (unpaired) electrons. The fourth-order valence-corrected chi connectivity index (χ4v) is 2.96. The van der Waals surface area contributed by atoms with E-state index in [0.29, 0.717) is 18.9 Å². The number of carbonyl (C=O) groups excluding carboxylic acids is 2. The Labute approximate surface area is 109 Å². The van der Waals surface area contributed by atoms with Gasteiger partial charge in [-0.2, -0.15) is 0 Å². The van der Waals surface area contributed by atoms with Crippen LogP contribution in [-0.2, 0) is 9.59 Å². The molecule has 2 amide bonds. The third kappa shape index (κ3) is 1.91. The van der Waals surface area contributed by atoms with Gasteiger partial charge < -0.3 is 10.2 Å². The molecule has 1 unspecified atom stereocenters. The number of hydrogen-bond acceptors (Lipinski definition) is 2. The van der Waals surface area contributed by atoms with Gasteiger partial charge in [0.1, 0.15) is 11.6 Å². The molecule has 1 atom stereocenters. The molecule has 0 aromatic carbocycles. The molecule has 1 heterocycles. The van der Waals surface area contributed by atoms with Crippen LogP contribution in [0.3, 0.4) is 0 Å². The van der Waals surface area contributed by atoms with E-state index in [1.165, 1.54) is 0 Å². The number of carbonyl (C=O) groups is 2. The van der Waals surface area contributed by atoms with Crippen LogP contribution in [0.25, 0.3) is 0 Å². The van der Waals surface area contributed by atoms with Crippen LogP contribution < -0.4 is 5.32 Å². The second-order valence-electron chi connectivity index (χ2n) is 5.91. The van der Waals surface area contributed by atoms with Crippen molar-refractivity contribution in [3.8, 4) is 0 Å². The molecule has 1 saturated heterocycles. The van der Waals surface area contributed by atoms with Crippen LogP contribution in [0.4, 0.5) is 0 Å². The lowest BCUT2D eigenvalue weighted by Gasteiger charge is -2.47. The molecule has 18 heavy (non-hydrogen) atoms. The van der Waals surface area contributed by atoms with E-state index in [-0.39, 0.29) is 23.8 Å². The van der Waals surface area contributed by atoms with E-state index >= 15 is 0 Å². The van der Waals surface area contributed by atoms with Crippen LogP contribution in [0.5, 0.6) is 0 Å². The molecule has 1 aliphatic heterocycles. The largest absolute Gasteiger partial charge is 0.340 e. The molecule has 0 spiro atoms. The molecule has 0 aromatic rings. The minimum Gasteiger partial charge on any atom is -0.340 e. The zero-order chi connectivity index (χ0) is 13.5. The van der Waals surface area contributed by atoms with Crippen molar-refractivity contribution >= 4 is 11.8 Å². The molecular formula is C14H24N2O2.